The van der Waals surface area contributed by atoms with E-state index in [1.807, 2.05) is 30.3 Å². The third-order valence-electron chi connectivity index (χ3n) is 7.01. The second-order valence-electron chi connectivity index (χ2n) is 9.55. The van der Waals surface area contributed by atoms with E-state index in [9.17, 15) is 4.79 Å². The fraction of sp³-hybridized carbons (Fsp3) is 0.393. The molecule has 4 heteroatoms. The van der Waals surface area contributed by atoms with E-state index in [1.165, 1.54) is 11.1 Å². The standard InChI is InChI=1S/C28H32N2O2/c1-20-7-5-9-22(15-20)28(31)30(24-12-13-24)17-23-16-29(18-25-10-6-14-32-25)19-27(23)26-11-4-3-8-21(26)2/h3-11,14-15,23-24,27H,12-13,16-19H2,1-2H3. The van der Waals surface area contributed by atoms with Crippen LogP contribution in [-0.2, 0) is 6.54 Å². The Labute approximate surface area is 190 Å². The van der Waals surface area contributed by atoms with Gasteiger partial charge in [0.2, 0.25) is 0 Å². The minimum absolute atomic E-state index is 0.184. The number of hydrogen-bond donors (Lipinski definition) is 0. The van der Waals surface area contributed by atoms with Gasteiger partial charge in [-0.3, -0.25) is 9.69 Å². The zero-order chi connectivity index (χ0) is 22.1. The Hall–Kier alpha value is -2.85. The summed E-state index contributed by atoms with van der Waals surface area (Å²) in [6.45, 7) is 7.86. The quantitative estimate of drug-likeness (QED) is 0.504. The van der Waals surface area contributed by atoms with Crippen LogP contribution in [0.2, 0.25) is 0 Å². The maximum atomic E-state index is 13.5. The third kappa shape index (κ3) is 4.51. The molecule has 5 rings (SSSR count). The van der Waals surface area contributed by atoms with Gasteiger partial charge in [0.15, 0.2) is 0 Å². The monoisotopic (exact) mass is 428 g/mol. The molecule has 1 aliphatic carbocycles. The largest absolute Gasteiger partial charge is 0.468 e. The van der Waals surface area contributed by atoms with Crippen molar-refractivity contribution in [3.8, 4) is 0 Å². The molecular weight excluding hydrogens is 396 g/mol. The molecule has 1 amide bonds. The SMILES string of the molecule is Cc1cccc(C(=O)N(CC2CN(Cc3ccco3)CC2c2ccccc2C)C2CC2)c1. The zero-order valence-electron chi connectivity index (χ0n) is 19.0. The molecule has 1 saturated heterocycles. The van der Waals surface area contributed by atoms with Crippen molar-refractivity contribution >= 4 is 5.91 Å². The molecule has 0 spiro atoms. The van der Waals surface area contributed by atoms with Crippen molar-refractivity contribution in [1.82, 2.24) is 9.80 Å². The highest BCUT2D eigenvalue weighted by Crippen LogP contribution is 2.38. The molecule has 4 nitrogen and oxygen atoms in total. The molecule has 166 valence electrons. The third-order valence-corrected chi connectivity index (χ3v) is 7.01. The van der Waals surface area contributed by atoms with Gasteiger partial charge in [0, 0.05) is 37.2 Å². The predicted molar refractivity (Wildman–Crippen MR) is 127 cm³/mol. The molecule has 2 aliphatic rings. The Morgan fingerprint density at radius 3 is 2.59 bits per heavy atom. The van der Waals surface area contributed by atoms with Crippen LogP contribution in [0.25, 0.3) is 0 Å². The summed E-state index contributed by atoms with van der Waals surface area (Å²) in [4.78, 5) is 18.2. The number of likely N-dealkylation sites (tertiary alicyclic amines) is 1. The van der Waals surface area contributed by atoms with Gasteiger partial charge in [0.05, 0.1) is 12.8 Å². The van der Waals surface area contributed by atoms with Crippen molar-refractivity contribution in [2.75, 3.05) is 19.6 Å². The molecular formula is C28H32N2O2. The van der Waals surface area contributed by atoms with Crippen LogP contribution in [0.1, 0.15) is 51.6 Å². The van der Waals surface area contributed by atoms with E-state index in [4.69, 9.17) is 4.42 Å². The zero-order valence-corrected chi connectivity index (χ0v) is 19.0. The van der Waals surface area contributed by atoms with Gasteiger partial charge in [-0.2, -0.15) is 0 Å². The van der Waals surface area contributed by atoms with Gasteiger partial charge in [0.25, 0.3) is 5.91 Å². The van der Waals surface area contributed by atoms with E-state index in [0.717, 1.165) is 55.9 Å². The van der Waals surface area contributed by atoms with Gasteiger partial charge < -0.3 is 9.32 Å². The van der Waals surface area contributed by atoms with E-state index in [-0.39, 0.29) is 5.91 Å². The lowest BCUT2D eigenvalue weighted by atomic mass is 9.86. The molecule has 1 aromatic heterocycles. The summed E-state index contributed by atoms with van der Waals surface area (Å²) in [5, 5.41) is 0. The molecule has 32 heavy (non-hydrogen) atoms. The van der Waals surface area contributed by atoms with Crippen molar-refractivity contribution in [2.45, 2.75) is 45.2 Å². The Bertz CT molecular complexity index is 1070. The lowest BCUT2D eigenvalue weighted by Gasteiger charge is -2.29. The molecule has 1 saturated carbocycles. The highest BCUT2D eigenvalue weighted by atomic mass is 16.3. The second-order valence-corrected chi connectivity index (χ2v) is 9.55. The molecule has 0 bridgehead atoms. The number of rotatable bonds is 7. The van der Waals surface area contributed by atoms with Gasteiger partial charge in [-0.15, -0.1) is 0 Å². The highest BCUT2D eigenvalue weighted by molar-refractivity contribution is 5.94. The highest BCUT2D eigenvalue weighted by Gasteiger charge is 2.40. The normalized spacial score (nSPS) is 21.1. The lowest BCUT2D eigenvalue weighted by molar-refractivity contribution is 0.0710. The average Bonchev–Trinajstić information content (AvgIpc) is 3.36. The van der Waals surface area contributed by atoms with Crippen LogP contribution in [0, 0.1) is 19.8 Å². The first-order valence-electron chi connectivity index (χ1n) is 11.8. The summed E-state index contributed by atoms with van der Waals surface area (Å²) in [6.07, 6.45) is 3.99. The number of amides is 1. The van der Waals surface area contributed by atoms with E-state index in [0.29, 0.717) is 17.9 Å². The Morgan fingerprint density at radius 2 is 1.88 bits per heavy atom. The lowest BCUT2D eigenvalue weighted by Crippen LogP contribution is -2.39. The van der Waals surface area contributed by atoms with Crippen molar-refractivity contribution < 1.29 is 9.21 Å². The molecule has 0 radical (unpaired) electrons. The van der Waals surface area contributed by atoms with E-state index in [1.54, 1.807) is 6.26 Å². The van der Waals surface area contributed by atoms with Crippen LogP contribution < -0.4 is 0 Å². The van der Waals surface area contributed by atoms with Gasteiger partial charge >= 0.3 is 0 Å². The second kappa shape index (κ2) is 8.95. The topological polar surface area (TPSA) is 36.7 Å². The first kappa shape index (κ1) is 21.0. The molecule has 2 unspecified atom stereocenters. The van der Waals surface area contributed by atoms with Gasteiger partial charge in [-0.1, -0.05) is 42.0 Å². The van der Waals surface area contributed by atoms with Gasteiger partial charge in [-0.05, 0) is 68.0 Å². The molecule has 1 aliphatic heterocycles. The maximum absolute atomic E-state index is 13.5. The minimum Gasteiger partial charge on any atom is -0.468 e. The number of nitrogens with zero attached hydrogens (tertiary/aromatic N) is 2. The van der Waals surface area contributed by atoms with Gasteiger partial charge in [-0.25, -0.2) is 0 Å². The Kier molecular flexibility index (Phi) is 5.88. The van der Waals surface area contributed by atoms with Crippen LogP contribution in [-0.4, -0.2) is 41.4 Å². The number of aryl methyl sites for hydroxylation is 2. The predicted octanol–water partition coefficient (Wildman–Crippen LogP) is 5.42. The number of furan rings is 1. The van der Waals surface area contributed by atoms with E-state index >= 15 is 0 Å². The molecule has 2 aromatic carbocycles. The van der Waals surface area contributed by atoms with Crippen molar-refractivity contribution in [2.24, 2.45) is 5.92 Å². The number of carbonyl (C=O) groups is 1. The summed E-state index contributed by atoms with van der Waals surface area (Å²) in [6, 6.07) is 21.2. The van der Waals surface area contributed by atoms with Crippen molar-refractivity contribution in [3.05, 3.63) is 94.9 Å². The number of carbonyl (C=O) groups excluding carboxylic acids is 1. The summed E-state index contributed by atoms with van der Waals surface area (Å²) in [5.74, 6) is 2.01. The molecule has 2 fully saturated rings. The summed E-state index contributed by atoms with van der Waals surface area (Å²) >= 11 is 0. The maximum Gasteiger partial charge on any atom is 0.254 e. The number of hydrogen-bond acceptors (Lipinski definition) is 3. The van der Waals surface area contributed by atoms with Crippen molar-refractivity contribution in [1.29, 1.82) is 0 Å². The fourth-order valence-corrected chi connectivity index (χ4v) is 5.23. The fourth-order valence-electron chi connectivity index (χ4n) is 5.23. The first-order valence-corrected chi connectivity index (χ1v) is 11.8. The Morgan fingerprint density at radius 1 is 1.03 bits per heavy atom. The van der Waals surface area contributed by atoms with Crippen LogP contribution in [0.5, 0.6) is 0 Å². The van der Waals surface area contributed by atoms with Crippen LogP contribution >= 0.6 is 0 Å². The van der Waals surface area contributed by atoms with E-state index in [2.05, 4.69) is 54.0 Å². The summed E-state index contributed by atoms with van der Waals surface area (Å²) in [5.41, 5.74) is 4.70. The molecule has 3 aromatic rings. The van der Waals surface area contributed by atoms with Crippen LogP contribution in [0.15, 0.2) is 71.3 Å². The van der Waals surface area contributed by atoms with Crippen molar-refractivity contribution in [3.63, 3.8) is 0 Å². The minimum atomic E-state index is 0.184. The molecule has 0 N–H and O–H groups in total. The first-order chi connectivity index (χ1) is 15.6. The van der Waals surface area contributed by atoms with Crippen LogP contribution in [0.3, 0.4) is 0 Å². The summed E-state index contributed by atoms with van der Waals surface area (Å²) < 4.78 is 5.63. The smallest absolute Gasteiger partial charge is 0.254 e. The summed E-state index contributed by atoms with van der Waals surface area (Å²) in [7, 11) is 0. The average molecular weight is 429 g/mol. The molecule has 2 heterocycles. The van der Waals surface area contributed by atoms with Crippen LogP contribution in [0.4, 0.5) is 0 Å². The molecule has 2 atom stereocenters. The van der Waals surface area contributed by atoms with E-state index < -0.39 is 0 Å². The van der Waals surface area contributed by atoms with Gasteiger partial charge in [0.1, 0.15) is 5.76 Å². The Balaban J connectivity index is 1.40. The number of benzene rings is 2.